The van der Waals surface area contributed by atoms with E-state index in [2.05, 4.69) is 5.32 Å². The van der Waals surface area contributed by atoms with Crippen LogP contribution >= 0.6 is 0 Å². The number of carbonyl (C=O) groups is 2. The minimum Gasteiger partial charge on any atom is -0.350 e. The van der Waals surface area contributed by atoms with E-state index in [1.807, 2.05) is 43.3 Å². The lowest BCUT2D eigenvalue weighted by Gasteiger charge is -2.36. The Morgan fingerprint density at radius 1 is 1.03 bits per heavy atom. The largest absolute Gasteiger partial charge is 0.350 e. The highest BCUT2D eigenvalue weighted by molar-refractivity contribution is 5.98. The SMILES string of the molecule is Cc1ccc(C(=O)N2CCc3ccccc3[C@H]2C(=O)NCc2cc(F)ccc2F)cc1. The highest BCUT2D eigenvalue weighted by Crippen LogP contribution is 2.31. The van der Waals surface area contributed by atoms with Gasteiger partial charge < -0.3 is 10.2 Å². The summed E-state index contributed by atoms with van der Waals surface area (Å²) >= 11 is 0. The summed E-state index contributed by atoms with van der Waals surface area (Å²) < 4.78 is 27.5. The van der Waals surface area contributed by atoms with Crippen molar-refractivity contribution in [1.29, 1.82) is 0 Å². The summed E-state index contributed by atoms with van der Waals surface area (Å²) in [6.45, 7) is 2.15. The van der Waals surface area contributed by atoms with Gasteiger partial charge in [0, 0.05) is 24.2 Å². The van der Waals surface area contributed by atoms with Gasteiger partial charge in [-0.25, -0.2) is 8.78 Å². The van der Waals surface area contributed by atoms with Crippen molar-refractivity contribution < 1.29 is 18.4 Å². The minimum atomic E-state index is -0.852. The molecule has 1 heterocycles. The molecule has 0 spiro atoms. The Morgan fingerprint density at radius 2 is 1.77 bits per heavy atom. The van der Waals surface area contributed by atoms with Gasteiger partial charge in [0.2, 0.25) is 5.91 Å². The maximum absolute atomic E-state index is 14.0. The van der Waals surface area contributed by atoms with E-state index < -0.39 is 23.6 Å². The third-order valence-corrected chi connectivity index (χ3v) is 5.55. The molecule has 1 N–H and O–H groups in total. The van der Waals surface area contributed by atoms with E-state index in [-0.39, 0.29) is 18.0 Å². The maximum Gasteiger partial charge on any atom is 0.254 e. The normalized spacial score (nSPS) is 15.3. The predicted molar refractivity (Wildman–Crippen MR) is 113 cm³/mol. The molecule has 1 aliphatic rings. The minimum absolute atomic E-state index is 0.0499. The summed E-state index contributed by atoms with van der Waals surface area (Å²) in [5, 5.41) is 2.68. The molecule has 0 saturated carbocycles. The van der Waals surface area contributed by atoms with Crippen LogP contribution in [0.1, 0.15) is 38.7 Å². The van der Waals surface area contributed by atoms with Gasteiger partial charge in [-0.1, -0.05) is 42.0 Å². The van der Waals surface area contributed by atoms with E-state index in [4.69, 9.17) is 0 Å². The first-order valence-electron chi connectivity index (χ1n) is 10.1. The number of nitrogens with zero attached hydrogens (tertiary/aromatic N) is 1. The zero-order valence-corrected chi connectivity index (χ0v) is 17.1. The van der Waals surface area contributed by atoms with E-state index in [1.165, 1.54) is 0 Å². The number of amides is 2. The molecule has 0 saturated heterocycles. The molecule has 0 fully saturated rings. The van der Waals surface area contributed by atoms with Crippen molar-refractivity contribution in [3.05, 3.63) is 106 Å². The van der Waals surface area contributed by atoms with Crippen LogP contribution in [0.15, 0.2) is 66.7 Å². The van der Waals surface area contributed by atoms with Crippen LogP contribution in [0.4, 0.5) is 8.78 Å². The van der Waals surface area contributed by atoms with Crippen LogP contribution in [-0.2, 0) is 17.8 Å². The topological polar surface area (TPSA) is 49.4 Å². The smallest absolute Gasteiger partial charge is 0.254 e. The van der Waals surface area contributed by atoms with Crippen molar-refractivity contribution in [2.75, 3.05) is 6.54 Å². The number of rotatable bonds is 4. The van der Waals surface area contributed by atoms with Crippen molar-refractivity contribution >= 4 is 11.8 Å². The average molecular weight is 420 g/mol. The molecule has 6 heteroatoms. The maximum atomic E-state index is 14.0. The standard InChI is InChI=1S/C25H22F2N2O2/c1-16-6-8-18(9-7-16)25(31)29-13-12-17-4-2-3-5-21(17)23(29)24(30)28-15-19-14-20(26)10-11-22(19)27/h2-11,14,23H,12-13,15H2,1H3,(H,28,30)/t23-/m0/s1. The molecule has 4 nitrogen and oxygen atoms in total. The highest BCUT2D eigenvalue weighted by atomic mass is 19.1. The van der Waals surface area contributed by atoms with Gasteiger partial charge in [0.15, 0.2) is 0 Å². The Balaban J connectivity index is 1.63. The van der Waals surface area contributed by atoms with E-state index in [0.29, 0.717) is 18.5 Å². The van der Waals surface area contributed by atoms with Crippen molar-refractivity contribution in [2.24, 2.45) is 0 Å². The molecule has 4 rings (SSSR count). The molecule has 0 aliphatic carbocycles. The highest BCUT2D eigenvalue weighted by Gasteiger charge is 2.36. The summed E-state index contributed by atoms with van der Waals surface area (Å²) in [5.74, 6) is -1.86. The lowest BCUT2D eigenvalue weighted by molar-refractivity contribution is -0.126. The van der Waals surface area contributed by atoms with Crippen molar-refractivity contribution in [1.82, 2.24) is 10.2 Å². The van der Waals surface area contributed by atoms with Crippen molar-refractivity contribution in [3.8, 4) is 0 Å². The molecule has 3 aromatic rings. The van der Waals surface area contributed by atoms with E-state index in [1.54, 1.807) is 17.0 Å². The second-order valence-electron chi connectivity index (χ2n) is 7.67. The lowest BCUT2D eigenvalue weighted by Crippen LogP contribution is -2.47. The summed E-state index contributed by atoms with van der Waals surface area (Å²) in [6.07, 6.45) is 0.635. The second-order valence-corrected chi connectivity index (χ2v) is 7.67. The second kappa shape index (κ2) is 8.68. The zero-order chi connectivity index (χ0) is 22.0. The van der Waals surface area contributed by atoms with Crippen LogP contribution in [0.25, 0.3) is 0 Å². The summed E-state index contributed by atoms with van der Waals surface area (Å²) in [4.78, 5) is 28.0. The number of fused-ring (bicyclic) bond motifs is 1. The Kier molecular flexibility index (Phi) is 5.80. The van der Waals surface area contributed by atoms with Crippen LogP contribution in [0.5, 0.6) is 0 Å². The fraction of sp³-hybridized carbons (Fsp3) is 0.200. The molecule has 2 amide bonds. The molecule has 158 valence electrons. The number of halogens is 2. The number of nitrogens with one attached hydrogen (secondary N) is 1. The molecule has 3 aromatic carbocycles. The van der Waals surface area contributed by atoms with Gasteiger partial charge in [-0.05, 0) is 54.8 Å². The fourth-order valence-electron chi connectivity index (χ4n) is 3.89. The Morgan fingerprint density at radius 3 is 2.55 bits per heavy atom. The van der Waals surface area contributed by atoms with Gasteiger partial charge in [-0.15, -0.1) is 0 Å². The van der Waals surface area contributed by atoms with Gasteiger partial charge in [0.05, 0.1) is 0 Å². The molecule has 0 radical (unpaired) electrons. The van der Waals surface area contributed by atoms with Gasteiger partial charge in [0.1, 0.15) is 17.7 Å². The monoisotopic (exact) mass is 420 g/mol. The van der Waals surface area contributed by atoms with Crippen molar-refractivity contribution in [3.63, 3.8) is 0 Å². The van der Waals surface area contributed by atoms with Crippen LogP contribution < -0.4 is 5.32 Å². The number of benzene rings is 3. The van der Waals surface area contributed by atoms with Crippen molar-refractivity contribution in [2.45, 2.75) is 25.9 Å². The summed E-state index contributed by atoms with van der Waals surface area (Å²) in [5.41, 5.74) is 3.32. The van der Waals surface area contributed by atoms with E-state index in [9.17, 15) is 18.4 Å². The molecule has 0 bridgehead atoms. The van der Waals surface area contributed by atoms with E-state index in [0.717, 1.165) is 34.9 Å². The van der Waals surface area contributed by atoms with E-state index >= 15 is 0 Å². The first kappa shape index (κ1) is 20.7. The third-order valence-electron chi connectivity index (χ3n) is 5.55. The molecule has 1 atom stereocenters. The molecule has 31 heavy (non-hydrogen) atoms. The molecular formula is C25H22F2N2O2. The van der Waals surface area contributed by atoms with Gasteiger partial charge in [-0.2, -0.15) is 0 Å². The molecule has 0 unspecified atom stereocenters. The van der Waals surface area contributed by atoms with Crippen LogP contribution in [0, 0.1) is 18.6 Å². The third kappa shape index (κ3) is 4.33. The molecule has 0 aromatic heterocycles. The summed E-state index contributed by atoms with van der Waals surface area (Å²) in [7, 11) is 0. The molecular weight excluding hydrogens is 398 g/mol. The Hall–Kier alpha value is -3.54. The number of aryl methyl sites for hydroxylation is 1. The Bertz CT molecular complexity index is 1130. The quantitative estimate of drug-likeness (QED) is 0.683. The van der Waals surface area contributed by atoms with Crippen LogP contribution in [-0.4, -0.2) is 23.3 Å². The first-order valence-corrected chi connectivity index (χ1v) is 10.1. The molecule has 1 aliphatic heterocycles. The average Bonchev–Trinajstić information content (AvgIpc) is 2.78. The predicted octanol–water partition coefficient (Wildman–Crippen LogP) is 4.33. The summed E-state index contributed by atoms with van der Waals surface area (Å²) in [6, 6.07) is 16.9. The van der Waals surface area contributed by atoms with Crippen LogP contribution in [0.3, 0.4) is 0 Å². The van der Waals surface area contributed by atoms with Gasteiger partial charge in [-0.3, -0.25) is 9.59 Å². The number of hydrogen-bond acceptors (Lipinski definition) is 2. The first-order chi connectivity index (χ1) is 14.9. The van der Waals surface area contributed by atoms with Gasteiger partial charge in [0.25, 0.3) is 5.91 Å². The number of hydrogen-bond donors (Lipinski definition) is 1. The zero-order valence-electron chi connectivity index (χ0n) is 17.1. The fourth-order valence-corrected chi connectivity index (χ4v) is 3.89. The van der Waals surface area contributed by atoms with Crippen LogP contribution in [0.2, 0.25) is 0 Å². The van der Waals surface area contributed by atoms with Gasteiger partial charge >= 0.3 is 0 Å². The number of carbonyl (C=O) groups excluding carboxylic acids is 2. The lowest BCUT2D eigenvalue weighted by atomic mass is 9.91. The Labute approximate surface area is 179 Å².